The molecule has 6 heteroatoms. The molecule has 0 aliphatic carbocycles. The molecule has 2 unspecified atom stereocenters. The fourth-order valence-corrected chi connectivity index (χ4v) is 1.57. The summed E-state index contributed by atoms with van der Waals surface area (Å²) in [5, 5.41) is 27.2. The number of hydrogen-bond donors (Lipinski definition) is 3. The number of aromatic carboxylic acids is 1. The predicted octanol–water partition coefficient (Wildman–Crippen LogP) is 1.11. The van der Waals surface area contributed by atoms with Gasteiger partial charge in [0.25, 0.3) is 0 Å². The number of morpholine rings is 1. The zero-order chi connectivity index (χ0) is 14.4. The largest absolute Gasteiger partial charge is 0.478 e. The number of aliphatic hydroxyl groups is 1. The molecule has 2 atom stereocenters. The van der Waals surface area contributed by atoms with Crippen LogP contribution in [0, 0.1) is 6.92 Å². The molecule has 2 rings (SSSR count). The van der Waals surface area contributed by atoms with Gasteiger partial charge in [-0.1, -0.05) is 17.7 Å². The van der Waals surface area contributed by atoms with Crippen LogP contribution in [0.15, 0.2) is 24.3 Å². The average Bonchev–Trinajstić information content (AvgIpc) is 2.36. The van der Waals surface area contributed by atoms with Gasteiger partial charge in [-0.2, -0.15) is 5.06 Å². The van der Waals surface area contributed by atoms with Gasteiger partial charge in [0.05, 0.1) is 24.8 Å². The van der Waals surface area contributed by atoms with Gasteiger partial charge in [-0.05, 0) is 26.0 Å². The van der Waals surface area contributed by atoms with Gasteiger partial charge in [0.2, 0.25) is 0 Å². The van der Waals surface area contributed by atoms with Gasteiger partial charge in [-0.25, -0.2) is 4.79 Å². The zero-order valence-electron chi connectivity index (χ0n) is 11.0. The lowest BCUT2D eigenvalue weighted by atomic mass is 10.1. The van der Waals surface area contributed by atoms with Gasteiger partial charge in [-0.3, -0.25) is 0 Å². The Morgan fingerprint density at radius 3 is 2.58 bits per heavy atom. The number of rotatable bonds is 1. The summed E-state index contributed by atoms with van der Waals surface area (Å²) in [6, 6.07) is 6.82. The van der Waals surface area contributed by atoms with Crippen molar-refractivity contribution in [2.45, 2.75) is 26.2 Å². The lowest BCUT2D eigenvalue weighted by Crippen LogP contribution is -2.48. The quantitative estimate of drug-likeness (QED) is 0.707. The minimum atomic E-state index is -0.872. The van der Waals surface area contributed by atoms with Crippen molar-refractivity contribution in [3.63, 3.8) is 0 Å². The Hall–Kier alpha value is -1.47. The van der Waals surface area contributed by atoms with E-state index in [-0.39, 0.29) is 6.10 Å². The lowest BCUT2D eigenvalue weighted by Gasteiger charge is -2.31. The average molecular weight is 269 g/mol. The van der Waals surface area contributed by atoms with Gasteiger partial charge in [0, 0.05) is 0 Å². The molecule has 0 spiro atoms. The zero-order valence-corrected chi connectivity index (χ0v) is 11.0. The molecule has 0 radical (unpaired) electrons. The van der Waals surface area contributed by atoms with Crippen molar-refractivity contribution in [3.8, 4) is 0 Å². The second-order valence-electron chi connectivity index (χ2n) is 4.33. The number of benzene rings is 1. The van der Waals surface area contributed by atoms with E-state index in [1.807, 2.05) is 13.0 Å². The van der Waals surface area contributed by atoms with Crippen LogP contribution in [0.25, 0.3) is 0 Å². The fourth-order valence-electron chi connectivity index (χ4n) is 1.57. The third kappa shape index (κ3) is 4.96. The summed E-state index contributed by atoms with van der Waals surface area (Å²) >= 11 is 0. The number of ether oxygens (including phenoxy) is 1. The fraction of sp³-hybridized carbons (Fsp3) is 0.462. The van der Waals surface area contributed by atoms with Crippen LogP contribution in [0.5, 0.6) is 0 Å². The number of aryl methyl sites for hydroxylation is 1. The molecule has 6 nitrogen and oxygen atoms in total. The molecule has 1 fully saturated rings. The molecule has 0 bridgehead atoms. The Morgan fingerprint density at radius 2 is 2.16 bits per heavy atom. The lowest BCUT2D eigenvalue weighted by molar-refractivity contribution is -0.267. The first-order chi connectivity index (χ1) is 8.91. The first-order valence-corrected chi connectivity index (χ1v) is 5.97. The third-order valence-corrected chi connectivity index (χ3v) is 2.69. The molecule has 0 amide bonds. The second kappa shape index (κ2) is 7.20. The van der Waals surface area contributed by atoms with E-state index >= 15 is 0 Å². The first kappa shape index (κ1) is 15.6. The summed E-state index contributed by atoms with van der Waals surface area (Å²) in [5.74, 6) is -0.872. The number of nitrogens with zero attached hydrogens (tertiary/aromatic N) is 1. The summed E-state index contributed by atoms with van der Waals surface area (Å²) in [4.78, 5) is 10.4. The molecule has 1 saturated heterocycles. The van der Waals surface area contributed by atoms with E-state index in [1.54, 1.807) is 25.1 Å². The van der Waals surface area contributed by atoms with Crippen LogP contribution in [0.4, 0.5) is 0 Å². The molecular weight excluding hydrogens is 250 g/mol. The van der Waals surface area contributed by atoms with E-state index in [2.05, 4.69) is 0 Å². The molecule has 0 saturated carbocycles. The van der Waals surface area contributed by atoms with Crippen molar-refractivity contribution < 1.29 is 25.0 Å². The number of carboxylic acid groups (broad SMARTS) is 1. The summed E-state index contributed by atoms with van der Waals surface area (Å²) in [6.45, 7) is 4.44. The van der Waals surface area contributed by atoms with E-state index in [0.717, 1.165) is 10.6 Å². The smallest absolute Gasteiger partial charge is 0.335 e. The number of hydroxylamine groups is 2. The van der Waals surface area contributed by atoms with Crippen molar-refractivity contribution in [1.29, 1.82) is 0 Å². The van der Waals surface area contributed by atoms with Gasteiger partial charge >= 0.3 is 5.97 Å². The summed E-state index contributed by atoms with van der Waals surface area (Å²) in [5.41, 5.74) is 1.32. The van der Waals surface area contributed by atoms with Crippen LogP contribution in [0.3, 0.4) is 0 Å². The van der Waals surface area contributed by atoms with E-state index in [4.69, 9.17) is 20.2 Å². The molecule has 1 aliphatic heterocycles. The standard InChI is InChI=1S/C8H8O2.C5H11NO3/c1-6-3-2-4-7(5-6)8(9)10;1-4-5(7)6(8)2-3-9-4/h2-5H,1H3,(H,9,10);4-5,7-8H,2-3H2,1H3. The molecule has 0 aromatic heterocycles. The molecule has 19 heavy (non-hydrogen) atoms. The second-order valence-corrected chi connectivity index (χ2v) is 4.33. The minimum Gasteiger partial charge on any atom is -0.478 e. The monoisotopic (exact) mass is 269 g/mol. The normalized spacial score (nSPS) is 23.4. The summed E-state index contributed by atoms with van der Waals surface area (Å²) < 4.78 is 5.01. The van der Waals surface area contributed by atoms with E-state index in [1.165, 1.54) is 0 Å². The number of carbonyl (C=O) groups is 1. The topological polar surface area (TPSA) is 90.2 Å². The number of aliphatic hydroxyl groups excluding tert-OH is 1. The van der Waals surface area contributed by atoms with Gasteiger partial charge < -0.3 is 20.2 Å². The number of hydrogen-bond acceptors (Lipinski definition) is 5. The van der Waals surface area contributed by atoms with Crippen molar-refractivity contribution in [1.82, 2.24) is 5.06 Å². The van der Waals surface area contributed by atoms with E-state index in [9.17, 15) is 4.79 Å². The summed E-state index contributed by atoms with van der Waals surface area (Å²) in [6.07, 6.45) is -1.15. The third-order valence-electron chi connectivity index (χ3n) is 2.69. The molecular formula is C13H19NO5. The van der Waals surface area contributed by atoms with Crippen molar-refractivity contribution in [3.05, 3.63) is 35.4 Å². The highest BCUT2D eigenvalue weighted by Crippen LogP contribution is 2.07. The first-order valence-electron chi connectivity index (χ1n) is 5.97. The van der Waals surface area contributed by atoms with Crippen molar-refractivity contribution >= 4 is 5.97 Å². The highest BCUT2D eigenvalue weighted by Gasteiger charge is 2.25. The maximum Gasteiger partial charge on any atom is 0.335 e. The van der Waals surface area contributed by atoms with Gasteiger partial charge in [0.15, 0.2) is 6.23 Å². The van der Waals surface area contributed by atoms with Crippen LogP contribution in [0.2, 0.25) is 0 Å². The molecule has 1 aromatic carbocycles. The Kier molecular flexibility index (Phi) is 5.91. The van der Waals surface area contributed by atoms with Crippen molar-refractivity contribution in [2.75, 3.05) is 13.2 Å². The highest BCUT2D eigenvalue weighted by atomic mass is 16.6. The van der Waals surface area contributed by atoms with E-state index < -0.39 is 12.2 Å². The highest BCUT2D eigenvalue weighted by molar-refractivity contribution is 5.87. The van der Waals surface area contributed by atoms with Gasteiger partial charge in [0.1, 0.15) is 0 Å². The Balaban J connectivity index is 0.000000191. The maximum atomic E-state index is 10.4. The van der Waals surface area contributed by atoms with Crippen LogP contribution < -0.4 is 0 Å². The van der Waals surface area contributed by atoms with Crippen LogP contribution in [-0.2, 0) is 4.74 Å². The Morgan fingerprint density at radius 1 is 1.47 bits per heavy atom. The minimum absolute atomic E-state index is 0.288. The Bertz CT molecular complexity index is 413. The molecule has 1 aromatic rings. The van der Waals surface area contributed by atoms with Crippen LogP contribution in [0.1, 0.15) is 22.8 Å². The molecule has 3 N–H and O–H groups in total. The van der Waals surface area contributed by atoms with Gasteiger partial charge in [-0.15, -0.1) is 0 Å². The maximum absolute atomic E-state index is 10.4. The number of carboxylic acids is 1. The molecule has 106 valence electrons. The summed E-state index contributed by atoms with van der Waals surface area (Å²) in [7, 11) is 0. The van der Waals surface area contributed by atoms with E-state index in [0.29, 0.717) is 18.7 Å². The SMILES string of the molecule is CC1OCCN(O)C1O.Cc1cccc(C(=O)O)c1. The molecule has 1 heterocycles. The van der Waals surface area contributed by atoms with Crippen molar-refractivity contribution in [2.24, 2.45) is 0 Å². The van der Waals surface area contributed by atoms with Crippen LogP contribution in [-0.4, -0.2) is 51.9 Å². The predicted molar refractivity (Wildman–Crippen MR) is 68.1 cm³/mol. The molecule has 1 aliphatic rings. The Labute approximate surface area is 111 Å². The van der Waals surface area contributed by atoms with Crippen LogP contribution >= 0.6 is 0 Å².